The second-order valence-corrected chi connectivity index (χ2v) is 5.29. The van der Waals surface area contributed by atoms with Crippen LogP contribution in [-0.4, -0.2) is 49.2 Å². The minimum absolute atomic E-state index is 0.0537. The number of nitrogens with one attached hydrogen (secondary N) is 1. The Morgan fingerprint density at radius 3 is 2.68 bits per heavy atom. The highest BCUT2D eigenvalue weighted by Gasteiger charge is 2.27. The molecule has 4 heteroatoms. The number of likely N-dealkylation sites (N-methyl/N-ethyl adjacent to an activating group) is 1. The zero-order valence-electron chi connectivity index (χ0n) is 12.8. The van der Waals surface area contributed by atoms with Crippen molar-refractivity contribution < 1.29 is 9.53 Å². The monoisotopic (exact) mass is 270 g/mol. The van der Waals surface area contributed by atoms with Crippen molar-refractivity contribution in [1.82, 2.24) is 10.2 Å². The van der Waals surface area contributed by atoms with Gasteiger partial charge in [-0.1, -0.05) is 26.7 Å². The third kappa shape index (κ3) is 5.49. The Labute approximate surface area is 117 Å². The van der Waals surface area contributed by atoms with Crippen molar-refractivity contribution >= 4 is 5.97 Å². The molecule has 1 N–H and O–H groups in total. The number of piperidine rings is 1. The smallest absolute Gasteiger partial charge is 0.323 e. The highest BCUT2D eigenvalue weighted by molar-refractivity contribution is 5.75. The molecule has 0 aromatic heterocycles. The van der Waals surface area contributed by atoms with Crippen LogP contribution in [0.2, 0.25) is 0 Å². The summed E-state index contributed by atoms with van der Waals surface area (Å²) in [5.74, 6) is -0.0537. The summed E-state index contributed by atoms with van der Waals surface area (Å²) in [6.07, 6.45) is 5.70. The minimum Gasteiger partial charge on any atom is -0.465 e. The van der Waals surface area contributed by atoms with E-state index in [1.165, 1.54) is 19.3 Å². The summed E-state index contributed by atoms with van der Waals surface area (Å²) >= 11 is 0. The highest BCUT2D eigenvalue weighted by Crippen LogP contribution is 2.14. The van der Waals surface area contributed by atoms with Crippen molar-refractivity contribution in [1.29, 1.82) is 0 Å². The van der Waals surface area contributed by atoms with Gasteiger partial charge < -0.3 is 10.1 Å². The SMILES string of the molecule is CCCC(C(=O)OCC)N(CC)CC1CCCCN1. The minimum atomic E-state index is -0.0707. The van der Waals surface area contributed by atoms with Crippen LogP contribution >= 0.6 is 0 Å². The van der Waals surface area contributed by atoms with Gasteiger partial charge in [0.1, 0.15) is 6.04 Å². The predicted molar refractivity (Wildman–Crippen MR) is 78.2 cm³/mol. The van der Waals surface area contributed by atoms with Crippen LogP contribution in [0, 0.1) is 0 Å². The molecule has 0 spiro atoms. The summed E-state index contributed by atoms with van der Waals surface area (Å²) in [5, 5.41) is 3.56. The Hall–Kier alpha value is -0.610. The van der Waals surface area contributed by atoms with E-state index in [-0.39, 0.29) is 12.0 Å². The Morgan fingerprint density at radius 2 is 2.16 bits per heavy atom. The Bertz CT molecular complexity index is 253. The fraction of sp³-hybridized carbons (Fsp3) is 0.933. The van der Waals surface area contributed by atoms with Gasteiger partial charge >= 0.3 is 5.97 Å². The molecule has 4 nitrogen and oxygen atoms in total. The van der Waals surface area contributed by atoms with Crippen LogP contribution in [0.3, 0.4) is 0 Å². The van der Waals surface area contributed by atoms with E-state index in [0.29, 0.717) is 12.6 Å². The number of esters is 1. The van der Waals surface area contributed by atoms with Crippen molar-refractivity contribution in [3.8, 4) is 0 Å². The van der Waals surface area contributed by atoms with Gasteiger partial charge in [-0.3, -0.25) is 9.69 Å². The molecule has 2 atom stereocenters. The molecule has 1 aliphatic heterocycles. The quantitative estimate of drug-likeness (QED) is 0.686. The second kappa shape index (κ2) is 9.32. The first-order valence-electron chi connectivity index (χ1n) is 7.86. The lowest BCUT2D eigenvalue weighted by molar-refractivity contribution is -0.150. The molecule has 0 saturated carbocycles. The van der Waals surface area contributed by atoms with E-state index in [9.17, 15) is 4.79 Å². The van der Waals surface area contributed by atoms with Gasteiger partial charge in [0.2, 0.25) is 0 Å². The molecule has 0 radical (unpaired) electrons. The normalized spacial score (nSPS) is 21.4. The number of hydrogen-bond acceptors (Lipinski definition) is 4. The summed E-state index contributed by atoms with van der Waals surface area (Å²) < 4.78 is 5.23. The molecule has 0 amide bonds. The number of carbonyl (C=O) groups excluding carboxylic acids is 1. The lowest BCUT2D eigenvalue weighted by Crippen LogP contribution is -2.50. The molecule has 1 heterocycles. The van der Waals surface area contributed by atoms with Crippen molar-refractivity contribution in [2.45, 2.75) is 65.0 Å². The molecular formula is C15H30N2O2. The van der Waals surface area contributed by atoms with E-state index >= 15 is 0 Å². The number of carbonyl (C=O) groups is 1. The molecule has 0 aromatic carbocycles. The Balaban J connectivity index is 2.57. The molecule has 19 heavy (non-hydrogen) atoms. The van der Waals surface area contributed by atoms with Crippen LogP contribution < -0.4 is 5.32 Å². The van der Waals surface area contributed by atoms with E-state index in [2.05, 4.69) is 24.1 Å². The van der Waals surface area contributed by atoms with Gasteiger partial charge in [0.15, 0.2) is 0 Å². The van der Waals surface area contributed by atoms with Crippen LogP contribution in [0.25, 0.3) is 0 Å². The molecule has 0 aromatic rings. The second-order valence-electron chi connectivity index (χ2n) is 5.29. The van der Waals surface area contributed by atoms with Gasteiger partial charge in [-0.15, -0.1) is 0 Å². The molecular weight excluding hydrogens is 240 g/mol. The van der Waals surface area contributed by atoms with Crippen LogP contribution in [0.15, 0.2) is 0 Å². The number of rotatable bonds is 8. The molecule has 1 rings (SSSR count). The Kier molecular flexibility index (Phi) is 8.07. The number of hydrogen-bond donors (Lipinski definition) is 1. The lowest BCUT2D eigenvalue weighted by atomic mass is 10.0. The van der Waals surface area contributed by atoms with Crippen molar-refractivity contribution in [2.75, 3.05) is 26.2 Å². The zero-order valence-corrected chi connectivity index (χ0v) is 12.8. The Morgan fingerprint density at radius 1 is 1.37 bits per heavy atom. The maximum Gasteiger partial charge on any atom is 0.323 e. The van der Waals surface area contributed by atoms with Crippen LogP contribution in [0.4, 0.5) is 0 Å². The summed E-state index contributed by atoms with van der Waals surface area (Å²) in [6, 6.07) is 0.459. The number of ether oxygens (including phenoxy) is 1. The highest BCUT2D eigenvalue weighted by atomic mass is 16.5. The van der Waals surface area contributed by atoms with Crippen LogP contribution in [0.5, 0.6) is 0 Å². The van der Waals surface area contributed by atoms with E-state index in [1.807, 2.05) is 6.92 Å². The zero-order chi connectivity index (χ0) is 14.1. The fourth-order valence-electron chi connectivity index (χ4n) is 2.80. The standard InChI is InChI=1S/C15H30N2O2/c1-4-9-14(15(18)19-6-3)17(5-2)12-13-10-7-8-11-16-13/h13-14,16H,4-12H2,1-3H3. The van der Waals surface area contributed by atoms with Crippen molar-refractivity contribution in [2.24, 2.45) is 0 Å². The molecule has 2 unspecified atom stereocenters. The van der Waals surface area contributed by atoms with Gasteiger partial charge in [-0.2, -0.15) is 0 Å². The van der Waals surface area contributed by atoms with E-state index in [1.54, 1.807) is 0 Å². The largest absolute Gasteiger partial charge is 0.465 e. The topological polar surface area (TPSA) is 41.6 Å². The van der Waals surface area contributed by atoms with Gasteiger partial charge in [0.25, 0.3) is 0 Å². The van der Waals surface area contributed by atoms with Gasteiger partial charge in [-0.25, -0.2) is 0 Å². The summed E-state index contributed by atoms with van der Waals surface area (Å²) in [6.45, 7) is 9.57. The van der Waals surface area contributed by atoms with Crippen molar-refractivity contribution in [3.05, 3.63) is 0 Å². The van der Waals surface area contributed by atoms with E-state index in [0.717, 1.165) is 32.5 Å². The lowest BCUT2D eigenvalue weighted by Gasteiger charge is -2.34. The van der Waals surface area contributed by atoms with Crippen LogP contribution in [0.1, 0.15) is 52.9 Å². The molecule has 0 aliphatic carbocycles. The average molecular weight is 270 g/mol. The third-order valence-electron chi connectivity index (χ3n) is 3.84. The van der Waals surface area contributed by atoms with Crippen molar-refractivity contribution in [3.63, 3.8) is 0 Å². The first-order valence-corrected chi connectivity index (χ1v) is 7.86. The fourth-order valence-corrected chi connectivity index (χ4v) is 2.80. The molecule has 1 saturated heterocycles. The van der Waals surface area contributed by atoms with Crippen LogP contribution in [-0.2, 0) is 9.53 Å². The molecule has 1 fully saturated rings. The first kappa shape index (κ1) is 16.4. The average Bonchev–Trinajstić information content (AvgIpc) is 2.44. The molecule has 112 valence electrons. The maximum atomic E-state index is 12.1. The van der Waals surface area contributed by atoms with E-state index < -0.39 is 0 Å². The third-order valence-corrected chi connectivity index (χ3v) is 3.84. The first-order chi connectivity index (χ1) is 9.22. The van der Waals surface area contributed by atoms with Gasteiger partial charge in [-0.05, 0) is 39.3 Å². The van der Waals surface area contributed by atoms with Gasteiger partial charge in [0.05, 0.1) is 6.61 Å². The summed E-state index contributed by atoms with van der Waals surface area (Å²) in [7, 11) is 0. The maximum absolute atomic E-state index is 12.1. The number of nitrogens with zero attached hydrogens (tertiary/aromatic N) is 1. The van der Waals surface area contributed by atoms with Gasteiger partial charge in [0, 0.05) is 12.6 Å². The summed E-state index contributed by atoms with van der Waals surface area (Å²) in [5.41, 5.74) is 0. The predicted octanol–water partition coefficient (Wildman–Crippen LogP) is 2.18. The molecule has 0 bridgehead atoms. The molecule has 1 aliphatic rings. The summed E-state index contributed by atoms with van der Waals surface area (Å²) in [4.78, 5) is 14.4. The van der Waals surface area contributed by atoms with E-state index in [4.69, 9.17) is 4.74 Å².